The lowest BCUT2D eigenvalue weighted by molar-refractivity contribution is -0.120. The minimum Gasteiger partial charge on any atom is -0.355 e. The zero-order valence-electron chi connectivity index (χ0n) is 9.24. The van der Waals surface area contributed by atoms with Gasteiger partial charge < -0.3 is 5.32 Å². The Bertz CT molecular complexity index is 360. The molecule has 1 saturated heterocycles. The third-order valence-electron chi connectivity index (χ3n) is 3.30. The van der Waals surface area contributed by atoms with Crippen molar-refractivity contribution in [1.29, 1.82) is 0 Å². The van der Waals surface area contributed by atoms with Crippen LogP contribution in [0.25, 0.3) is 0 Å². The summed E-state index contributed by atoms with van der Waals surface area (Å²) < 4.78 is 26.1. The Kier molecular flexibility index (Phi) is 3.49. The summed E-state index contributed by atoms with van der Waals surface area (Å²) >= 11 is 0. The van der Waals surface area contributed by atoms with Crippen LogP contribution in [0.1, 0.15) is 32.1 Å². The Balaban J connectivity index is 1.89. The molecule has 0 spiro atoms. The van der Waals surface area contributed by atoms with Crippen LogP contribution in [0.2, 0.25) is 0 Å². The SMILES string of the molecule is O=C1NCC[C@@H]1NS(=O)(=O)CC1CCCC1. The first-order valence-corrected chi connectivity index (χ1v) is 7.50. The molecule has 5 nitrogen and oxygen atoms in total. The van der Waals surface area contributed by atoms with Crippen LogP contribution in [0, 0.1) is 5.92 Å². The average Bonchev–Trinajstić information content (AvgIpc) is 2.78. The van der Waals surface area contributed by atoms with Gasteiger partial charge in [0.2, 0.25) is 15.9 Å². The molecule has 1 saturated carbocycles. The molecule has 2 fully saturated rings. The molecule has 1 atom stereocenters. The van der Waals surface area contributed by atoms with Gasteiger partial charge in [0.15, 0.2) is 0 Å². The van der Waals surface area contributed by atoms with Crippen LogP contribution in [-0.4, -0.2) is 32.7 Å². The van der Waals surface area contributed by atoms with E-state index in [0.29, 0.717) is 13.0 Å². The van der Waals surface area contributed by atoms with Crippen LogP contribution in [0.4, 0.5) is 0 Å². The molecule has 1 aliphatic heterocycles. The summed E-state index contributed by atoms with van der Waals surface area (Å²) in [5.74, 6) is 0.258. The highest BCUT2D eigenvalue weighted by atomic mass is 32.2. The topological polar surface area (TPSA) is 75.3 Å². The maximum atomic E-state index is 11.8. The molecule has 0 radical (unpaired) electrons. The predicted molar refractivity (Wildman–Crippen MR) is 60.3 cm³/mol. The van der Waals surface area contributed by atoms with Crippen molar-refractivity contribution in [2.45, 2.75) is 38.1 Å². The van der Waals surface area contributed by atoms with Crippen molar-refractivity contribution in [3.05, 3.63) is 0 Å². The summed E-state index contributed by atoms with van der Waals surface area (Å²) in [5, 5.41) is 2.62. The molecule has 6 heteroatoms. The Hall–Kier alpha value is -0.620. The van der Waals surface area contributed by atoms with Gasteiger partial charge in [-0.3, -0.25) is 4.79 Å². The standard InChI is InChI=1S/C10H18N2O3S/c13-10-9(5-6-11-10)12-16(14,15)7-8-3-1-2-4-8/h8-9,12H,1-7H2,(H,11,13)/t9-/m0/s1. The molecule has 0 aromatic carbocycles. The first kappa shape index (κ1) is 11.9. The number of rotatable bonds is 4. The van der Waals surface area contributed by atoms with Crippen LogP contribution < -0.4 is 10.0 Å². The molecule has 2 rings (SSSR count). The second kappa shape index (κ2) is 4.71. The van der Waals surface area contributed by atoms with Crippen molar-refractivity contribution in [1.82, 2.24) is 10.0 Å². The highest BCUT2D eigenvalue weighted by Crippen LogP contribution is 2.25. The molecule has 1 heterocycles. The Morgan fingerprint density at radius 3 is 2.50 bits per heavy atom. The third-order valence-corrected chi connectivity index (χ3v) is 4.85. The molecule has 92 valence electrons. The van der Waals surface area contributed by atoms with Crippen LogP contribution in [-0.2, 0) is 14.8 Å². The monoisotopic (exact) mass is 246 g/mol. The van der Waals surface area contributed by atoms with E-state index in [9.17, 15) is 13.2 Å². The summed E-state index contributed by atoms with van der Waals surface area (Å²) in [5.41, 5.74) is 0. The van der Waals surface area contributed by atoms with E-state index in [2.05, 4.69) is 10.0 Å². The maximum absolute atomic E-state index is 11.8. The second-order valence-electron chi connectivity index (χ2n) is 4.68. The van der Waals surface area contributed by atoms with Gasteiger partial charge in [0.05, 0.1) is 5.75 Å². The van der Waals surface area contributed by atoms with Crippen LogP contribution in [0.5, 0.6) is 0 Å². The third kappa shape index (κ3) is 2.95. The lowest BCUT2D eigenvalue weighted by Crippen LogP contribution is -2.42. The number of amides is 1. The summed E-state index contributed by atoms with van der Waals surface area (Å²) in [7, 11) is -3.29. The largest absolute Gasteiger partial charge is 0.355 e. The number of hydrogen-bond acceptors (Lipinski definition) is 3. The fourth-order valence-electron chi connectivity index (χ4n) is 2.46. The summed E-state index contributed by atoms with van der Waals surface area (Å²) in [4.78, 5) is 11.3. The van der Waals surface area contributed by atoms with Crippen molar-refractivity contribution in [2.24, 2.45) is 5.92 Å². The fourth-order valence-corrected chi connectivity index (χ4v) is 4.17. The van der Waals surface area contributed by atoms with Crippen molar-refractivity contribution < 1.29 is 13.2 Å². The zero-order valence-corrected chi connectivity index (χ0v) is 10.1. The molecule has 0 unspecified atom stereocenters. The Morgan fingerprint density at radius 2 is 1.94 bits per heavy atom. The van der Waals surface area contributed by atoms with E-state index in [-0.39, 0.29) is 17.6 Å². The van der Waals surface area contributed by atoms with Gasteiger partial charge in [0.25, 0.3) is 0 Å². The van der Waals surface area contributed by atoms with Gasteiger partial charge in [-0.1, -0.05) is 12.8 Å². The van der Waals surface area contributed by atoms with Crippen molar-refractivity contribution in [2.75, 3.05) is 12.3 Å². The molecule has 0 bridgehead atoms. The molecule has 0 aromatic rings. The molecule has 0 aromatic heterocycles. The minimum atomic E-state index is -3.29. The fraction of sp³-hybridized carbons (Fsp3) is 0.900. The summed E-state index contributed by atoms with van der Waals surface area (Å²) in [6, 6.07) is -0.550. The molecule has 1 amide bonds. The van der Waals surface area contributed by atoms with E-state index < -0.39 is 16.1 Å². The Labute approximate surface area is 96.0 Å². The van der Waals surface area contributed by atoms with Gasteiger partial charge >= 0.3 is 0 Å². The smallest absolute Gasteiger partial charge is 0.238 e. The number of carbonyl (C=O) groups is 1. The highest BCUT2D eigenvalue weighted by Gasteiger charge is 2.30. The van der Waals surface area contributed by atoms with Gasteiger partial charge in [0, 0.05) is 6.54 Å². The van der Waals surface area contributed by atoms with Crippen molar-refractivity contribution >= 4 is 15.9 Å². The summed E-state index contributed by atoms with van der Waals surface area (Å²) in [6.07, 6.45) is 4.81. The van der Waals surface area contributed by atoms with E-state index >= 15 is 0 Å². The van der Waals surface area contributed by atoms with Crippen molar-refractivity contribution in [3.63, 3.8) is 0 Å². The van der Waals surface area contributed by atoms with Crippen molar-refractivity contribution in [3.8, 4) is 0 Å². The molecule has 1 aliphatic carbocycles. The van der Waals surface area contributed by atoms with Gasteiger partial charge in [-0.2, -0.15) is 0 Å². The van der Waals surface area contributed by atoms with Crippen LogP contribution in [0.3, 0.4) is 0 Å². The zero-order chi connectivity index (χ0) is 11.6. The van der Waals surface area contributed by atoms with Crippen LogP contribution in [0.15, 0.2) is 0 Å². The molecular weight excluding hydrogens is 228 g/mol. The number of carbonyl (C=O) groups excluding carboxylic acids is 1. The number of hydrogen-bond donors (Lipinski definition) is 2. The van der Waals surface area contributed by atoms with E-state index in [0.717, 1.165) is 25.7 Å². The second-order valence-corrected chi connectivity index (χ2v) is 6.48. The van der Waals surface area contributed by atoms with E-state index in [1.807, 2.05) is 0 Å². The summed E-state index contributed by atoms with van der Waals surface area (Å²) in [6.45, 7) is 0.565. The Morgan fingerprint density at radius 1 is 1.25 bits per heavy atom. The lowest BCUT2D eigenvalue weighted by atomic mass is 10.1. The minimum absolute atomic E-state index is 0.177. The normalized spacial score (nSPS) is 27.2. The first-order chi connectivity index (χ1) is 7.57. The average molecular weight is 246 g/mol. The predicted octanol–water partition coefficient (Wildman–Crippen LogP) is -0.0155. The van der Waals surface area contributed by atoms with Gasteiger partial charge in [0.1, 0.15) is 6.04 Å². The van der Waals surface area contributed by atoms with Gasteiger partial charge in [-0.15, -0.1) is 0 Å². The van der Waals surface area contributed by atoms with E-state index in [1.54, 1.807) is 0 Å². The lowest BCUT2D eigenvalue weighted by Gasteiger charge is -2.13. The molecule has 2 aliphatic rings. The molecule has 2 N–H and O–H groups in total. The maximum Gasteiger partial charge on any atom is 0.238 e. The molecule has 16 heavy (non-hydrogen) atoms. The van der Waals surface area contributed by atoms with Crippen LogP contribution >= 0.6 is 0 Å². The van der Waals surface area contributed by atoms with E-state index in [1.165, 1.54) is 0 Å². The quantitative estimate of drug-likeness (QED) is 0.732. The first-order valence-electron chi connectivity index (χ1n) is 5.84. The number of nitrogens with one attached hydrogen (secondary N) is 2. The highest BCUT2D eigenvalue weighted by molar-refractivity contribution is 7.89. The molecular formula is C10H18N2O3S. The van der Waals surface area contributed by atoms with Gasteiger partial charge in [-0.25, -0.2) is 13.1 Å². The van der Waals surface area contributed by atoms with Gasteiger partial charge in [-0.05, 0) is 25.2 Å². The number of sulfonamides is 1. The van der Waals surface area contributed by atoms with E-state index in [4.69, 9.17) is 0 Å².